The number of hydrogen-bond acceptors (Lipinski definition) is 7. The average Bonchev–Trinajstić information content (AvgIpc) is 3.22. The SMILES string of the molecule is CC(=O)OCC(=O)NS(=O)(=O)Cn1c(=O)[nH]c2cc(C(F)(F)F)c(-n3cccc3)cc2c1=O. The molecule has 33 heavy (non-hydrogen) atoms. The summed E-state index contributed by atoms with van der Waals surface area (Å²) in [6, 6.07) is 4.37. The molecule has 0 atom stereocenters. The van der Waals surface area contributed by atoms with Crippen molar-refractivity contribution in [2.75, 3.05) is 6.61 Å². The zero-order valence-corrected chi connectivity index (χ0v) is 17.5. The largest absolute Gasteiger partial charge is 0.456 e. The van der Waals surface area contributed by atoms with E-state index in [4.69, 9.17) is 0 Å². The van der Waals surface area contributed by atoms with Gasteiger partial charge in [0, 0.05) is 19.3 Å². The number of carbonyl (C=O) groups excluding carboxylic acids is 2. The second-order valence-corrected chi connectivity index (χ2v) is 8.41. The van der Waals surface area contributed by atoms with E-state index in [1.165, 1.54) is 29.2 Å². The topological polar surface area (TPSA) is 149 Å². The maximum atomic E-state index is 13.6. The van der Waals surface area contributed by atoms with E-state index in [0.29, 0.717) is 6.07 Å². The normalized spacial score (nSPS) is 12.0. The lowest BCUT2D eigenvalue weighted by Gasteiger charge is -2.15. The second-order valence-electron chi connectivity index (χ2n) is 6.72. The van der Waals surface area contributed by atoms with Crippen LogP contribution in [0, 0.1) is 0 Å². The van der Waals surface area contributed by atoms with Gasteiger partial charge in [-0.05, 0) is 24.3 Å². The van der Waals surface area contributed by atoms with Crippen molar-refractivity contribution in [3.8, 4) is 5.69 Å². The first-order chi connectivity index (χ1) is 15.3. The Morgan fingerprint density at radius 3 is 2.36 bits per heavy atom. The molecule has 0 bridgehead atoms. The van der Waals surface area contributed by atoms with Crippen LogP contribution in [0.5, 0.6) is 0 Å². The number of aromatic nitrogens is 3. The average molecular weight is 488 g/mol. The minimum Gasteiger partial charge on any atom is -0.456 e. The minimum absolute atomic E-state index is 0.205. The number of aromatic amines is 1. The third-order valence-electron chi connectivity index (χ3n) is 4.26. The zero-order valence-electron chi connectivity index (χ0n) is 16.7. The molecule has 2 aromatic heterocycles. The summed E-state index contributed by atoms with van der Waals surface area (Å²) in [6.07, 6.45) is -2.21. The summed E-state index contributed by atoms with van der Waals surface area (Å²) >= 11 is 0. The summed E-state index contributed by atoms with van der Waals surface area (Å²) < 4.78 is 72.3. The number of carbonyl (C=O) groups is 2. The van der Waals surface area contributed by atoms with Gasteiger partial charge in [0.2, 0.25) is 0 Å². The van der Waals surface area contributed by atoms with Gasteiger partial charge in [-0.2, -0.15) is 13.2 Å². The van der Waals surface area contributed by atoms with Crippen molar-refractivity contribution in [3.63, 3.8) is 0 Å². The van der Waals surface area contributed by atoms with Crippen LogP contribution in [-0.2, 0) is 36.4 Å². The first-order valence-corrected chi connectivity index (χ1v) is 10.6. The number of halogens is 3. The quantitative estimate of drug-likeness (QED) is 0.479. The summed E-state index contributed by atoms with van der Waals surface area (Å²) in [5, 5.41) is -0.396. The van der Waals surface area contributed by atoms with Gasteiger partial charge >= 0.3 is 17.8 Å². The molecule has 0 spiro atoms. The van der Waals surface area contributed by atoms with E-state index in [2.05, 4.69) is 9.72 Å². The van der Waals surface area contributed by atoms with E-state index < -0.39 is 74.0 Å². The van der Waals surface area contributed by atoms with Crippen molar-refractivity contribution in [2.45, 2.75) is 19.0 Å². The third-order valence-corrected chi connectivity index (χ3v) is 5.40. The number of sulfonamides is 1. The molecule has 0 fully saturated rings. The molecule has 0 saturated heterocycles. The van der Waals surface area contributed by atoms with Crippen LogP contribution in [0.1, 0.15) is 12.5 Å². The molecule has 0 aliphatic heterocycles. The molecular weight excluding hydrogens is 473 g/mol. The lowest BCUT2D eigenvalue weighted by molar-refractivity contribution is -0.145. The molecule has 0 unspecified atom stereocenters. The maximum absolute atomic E-state index is 13.6. The molecule has 1 amide bonds. The van der Waals surface area contributed by atoms with Crippen LogP contribution >= 0.6 is 0 Å². The number of nitrogens with zero attached hydrogens (tertiary/aromatic N) is 2. The van der Waals surface area contributed by atoms with E-state index in [9.17, 15) is 40.8 Å². The highest BCUT2D eigenvalue weighted by atomic mass is 32.2. The van der Waals surface area contributed by atoms with Crippen molar-refractivity contribution in [1.82, 2.24) is 18.8 Å². The fourth-order valence-corrected chi connectivity index (χ4v) is 3.96. The van der Waals surface area contributed by atoms with E-state index in [1.54, 1.807) is 0 Å². The number of amides is 1. The van der Waals surface area contributed by atoms with Gasteiger partial charge in [0.05, 0.1) is 22.2 Å². The molecule has 0 aliphatic rings. The van der Waals surface area contributed by atoms with E-state index in [0.717, 1.165) is 17.6 Å². The maximum Gasteiger partial charge on any atom is 0.418 e. The van der Waals surface area contributed by atoms with Crippen LogP contribution in [0.3, 0.4) is 0 Å². The van der Waals surface area contributed by atoms with E-state index >= 15 is 0 Å². The third kappa shape index (κ3) is 5.31. The zero-order chi connectivity index (χ0) is 24.6. The summed E-state index contributed by atoms with van der Waals surface area (Å²) in [5.41, 5.74) is -4.53. The van der Waals surface area contributed by atoms with Crippen molar-refractivity contribution >= 4 is 32.8 Å². The Balaban J connectivity index is 2.08. The summed E-state index contributed by atoms with van der Waals surface area (Å²) in [7, 11) is -4.61. The highest BCUT2D eigenvalue weighted by Gasteiger charge is 2.35. The van der Waals surface area contributed by atoms with E-state index in [-0.39, 0.29) is 4.57 Å². The Morgan fingerprint density at radius 1 is 1.15 bits per heavy atom. The summed E-state index contributed by atoms with van der Waals surface area (Å²) in [4.78, 5) is 49.4. The monoisotopic (exact) mass is 488 g/mol. The van der Waals surface area contributed by atoms with Gasteiger partial charge in [-0.3, -0.25) is 14.4 Å². The highest BCUT2D eigenvalue weighted by Crippen LogP contribution is 2.35. The van der Waals surface area contributed by atoms with Gasteiger partial charge in [-0.15, -0.1) is 0 Å². The molecule has 11 nitrogen and oxygen atoms in total. The van der Waals surface area contributed by atoms with Crippen molar-refractivity contribution in [2.24, 2.45) is 0 Å². The standard InChI is InChI=1S/C18H15F3N4O7S/c1-10(26)32-8-15(27)23-33(30,31)9-25-16(28)11-6-14(24-4-2-3-5-24)12(18(19,20)21)7-13(11)22-17(25)29/h2-7H,8-9H2,1H3,(H,22,29)(H,23,27). The Kier molecular flexibility index (Phi) is 6.18. The Morgan fingerprint density at radius 2 is 1.79 bits per heavy atom. The van der Waals surface area contributed by atoms with Crippen LogP contribution in [0.15, 0.2) is 46.2 Å². The number of nitrogens with one attached hydrogen (secondary N) is 2. The van der Waals surface area contributed by atoms with Gasteiger partial charge in [0.15, 0.2) is 12.5 Å². The number of alkyl halides is 3. The molecule has 0 saturated carbocycles. The first kappa shape index (κ1) is 23.8. The van der Waals surface area contributed by atoms with Crippen LogP contribution < -0.4 is 16.0 Å². The van der Waals surface area contributed by atoms with Gasteiger partial charge in [0.1, 0.15) is 0 Å². The second kappa shape index (κ2) is 8.57. The number of H-pyrrole nitrogens is 1. The molecule has 1 aromatic carbocycles. The predicted octanol–water partition coefficient (Wildman–Crippen LogP) is 0.466. The number of fused-ring (bicyclic) bond motifs is 1. The number of benzene rings is 1. The first-order valence-electron chi connectivity index (χ1n) is 8.96. The molecule has 15 heteroatoms. The fraction of sp³-hybridized carbons (Fsp3) is 0.222. The molecule has 0 aliphatic carbocycles. The molecule has 3 rings (SSSR count). The van der Waals surface area contributed by atoms with Crippen molar-refractivity contribution < 1.29 is 35.9 Å². The lowest BCUT2D eigenvalue weighted by Crippen LogP contribution is -2.42. The predicted molar refractivity (Wildman–Crippen MR) is 107 cm³/mol. The molecule has 0 radical (unpaired) electrons. The number of esters is 1. The lowest BCUT2D eigenvalue weighted by atomic mass is 10.1. The number of hydrogen-bond donors (Lipinski definition) is 2. The van der Waals surface area contributed by atoms with Crippen molar-refractivity contribution in [3.05, 3.63) is 63.1 Å². The van der Waals surface area contributed by atoms with Crippen molar-refractivity contribution in [1.29, 1.82) is 0 Å². The Hall–Kier alpha value is -3.88. The fourth-order valence-electron chi connectivity index (χ4n) is 2.91. The van der Waals surface area contributed by atoms with Crippen LogP contribution in [0.4, 0.5) is 13.2 Å². The minimum atomic E-state index is -4.82. The number of ether oxygens (including phenoxy) is 1. The van der Waals surface area contributed by atoms with Crippen LogP contribution in [0.25, 0.3) is 16.6 Å². The molecule has 176 valence electrons. The molecule has 2 heterocycles. The molecule has 3 aromatic rings. The van der Waals surface area contributed by atoms with Gasteiger partial charge < -0.3 is 14.3 Å². The van der Waals surface area contributed by atoms with Crippen LogP contribution in [-0.4, -0.2) is 41.0 Å². The highest BCUT2D eigenvalue weighted by molar-refractivity contribution is 7.89. The molecular formula is C18H15F3N4O7S. The summed E-state index contributed by atoms with van der Waals surface area (Å²) in [5.74, 6) is -3.40. The molecule has 2 N–H and O–H groups in total. The van der Waals surface area contributed by atoms with Crippen LogP contribution in [0.2, 0.25) is 0 Å². The summed E-state index contributed by atoms with van der Waals surface area (Å²) in [6.45, 7) is 0.0696. The van der Waals surface area contributed by atoms with Gasteiger partial charge in [0.25, 0.3) is 21.5 Å². The number of rotatable bonds is 6. The smallest absolute Gasteiger partial charge is 0.418 e. The van der Waals surface area contributed by atoms with Gasteiger partial charge in [-0.1, -0.05) is 0 Å². The van der Waals surface area contributed by atoms with E-state index in [1.807, 2.05) is 0 Å². The van der Waals surface area contributed by atoms with Gasteiger partial charge in [-0.25, -0.2) is 22.5 Å². The Labute approximate surface area is 182 Å². The Bertz CT molecular complexity index is 1460.